The molecule has 0 saturated carbocycles. The van der Waals surface area contributed by atoms with Crippen molar-refractivity contribution < 1.29 is 4.79 Å². The minimum absolute atomic E-state index is 0.0596. The van der Waals surface area contributed by atoms with Crippen molar-refractivity contribution in [1.29, 1.82) is 0 Å². The lowest BCUT2D eigenvalue weighted by atomic mass is 9.96. The van der Waals surface area contributed by atoms with Gasteiger partial charge in [0.1, 0.15) is 0 Å². The van der Waals surface area contributed by atoms with Gasteiger partial charge < -0.3 is 16.0 Å². The molecule has 23 heavy (non-hydrogen) atoms. The lowest BCUT2D eigenvalue weighted by Crippen LogP contribution is -2.54. The molecule has 2 heterocycles. The van der Waals surface area contributed by atoms with Gasteiger partial charge in [-0.05, 0) is 19.4 Å². The highest BCUT2D eigenvalue weighted by Gasteiger charge is 2.27. The van der Waals surface area contributed by atoms with Gasteiger partial charge in [0.25, 0.3) is 0 Å². The minimum atomic E-state index is -0.766. The van der Waals surface area contributed by atoms with E-state index >= 15 is 0 Å². The average molecular weight is 320 g/mol. The van der Waals surface area contributed by atoms with E-state index in [1.165, 1.54) is 0 Å². The Kier molecular flexibility index (Phi) is 6.29. The molecular formula is C16H28N6O. The monoisotopic (exact) mass is 320 g/mol. The van der Waals surface area contributed by atoms with Crippen LogP contribution in [0.3, 0.4) is 0 Å². The minimum Gasteiger partial charge on any atom is -0.353 e. The summed E-state index contributed by atoms with van der Waals surface area (Å²) < 4.78 is 0. The predicted octanol–water partition coefficient (Wildman–Crippen LogP) is 0.232. The van der Waals surface area contributed by atoms with Crippen LogP contribution < -0.4 is 16.0 Å². The summed E-state index contributed by atoms with van der Waals surface area (Å²) in [7, 11) is 0. The van der Waals surface area contributed by atoms with Gasteiger partial charge in [0.2, 0.25) is 11.9 Å². The van der Waals surface area contributed by atoms with Crippen LogP contribution in [-0.4, -0.2) is 65.6 Å². The lowest BCUT2D eigenvalue weighted by Gasteiger charge is -2.34. The molecule has 1 saturated heterocycles. The first-order chi connectivity index (χ1) is 11.0. The second-order valence-corrected chi connectivity index (χ2v) is 6.30. The molecule has 2 rings (SSSR count). The number of anilines is 1. The van der Waals surface area contributed by atoms with Crippen molar-refractivity contribution >= 4 is 11.9 Å². The van der Waals surface area contributed by atoms with Crippen molar-refractivity contribution in [3.8, 4) is 0 Å². The van der Waals surface area contributed by atoms with E-state index in [1.807, 2.05) is 13.0 Å². The molecule has 7 nitrogen and oxygen atoms in total. The smallest absolute Gasteiger partial charge is 0.239 e. The average Bonchev–Trinajstić information content (AvgIpc) is 2.56. The fraction of sp³-hybridized carbons (Fsp3) is 0.688. The standard InChI is InChI=1S/C16H28N6O/c1-3-5-16(2,17)14(23)18-8-9-21-10-12-22(13-11-21)15-19-6-4-7-20-15/h4,6-7H,3,5,8-13,17H2,1-2H3,(H,18,23). The van der Waals surface area contributed by atoms with Crippen LogP contribution in [0.1, 0.15) is 26.7 Å². The molecule has 1 aliphatic rings. The predicted molar refractivity (Wildman–Crippen MR) is 91.2 cm³/mol. The molecule has 1 unspecified atom stereocenters. The third kappa shape index (κ3) is 5.14. The third-order valence-corrected chi connectivity index (χ3v) is 4.21. The van der Waals surface area contributed by atoms with E-state index in [0.717, 1.165) is 45.1 Å². The number of nitrogens with one attached hydrogen (secondary N) is 1. The Bertz CT molecular complexity index is 485. The molecule has 7 heteroatoms. The largest absolute Gasteiger partial charge is 0.353 e. The van der Waals surface area contributed by atoms with Crippen LogP contribution >= 0.6 is 0 Å². The molecule has 1 aromatic rings. The Hall–Kier alpha value is -1.73. The Labute approximate surface area is 138 Å². The molecule has 0 aromatic carbocycles. The molecule has 0 aliphatic carbocycles. The van der Waals surface area contributed by atoms with E-state index in [1.54, 1.807) is 19.3 Å². The number of hydrogen-bond donors (Lipinski definition) is 2. The van der Waals surface area contributed by atoms with Gasteiger partial charge >= 0.3 is 0 Å². The van der Waals surface area contributed by atoms with Crippen molar-refractivity contribution in [2.45, 2.75) is 32.2 Å². The Balaban J connectivity index is 1.68. The Morgan fingerprint density at radius 1 is 1.30 bits per heavy atom. The first-order valence-electron chi connectivity index (χ1n) is 8.34. The molecule has 0 radical (unpaired) electrons. The van der Waals surface area contributed by atoms with Crippen LogP contribution in [0.15, 0.2) is 18.5 Å². The number of amides is 1. The van der Waals surface area contributed by atoms with Gasteiger partial charge in [0.05, 0.1) is 5.54 Å². The summed E-state index contributed by atoms with van der Waals surface area (Å²) >= 11 is 0. The van der Waals surface area contributed by atoms with E-state index in [-0.39, 0.29) is 5.91 Å². The molecule has 3 N–H and O–H groups in total. The van der Waals surface area contributed by atoms with Crippen molar-refractivity contribution in [2.24, 2.45) is 5.73 Å². The van der Waals surface area contributed by atoms with Crippen molar-refractivity contribution in [3.05, 3.63) is 18.5 Å². The number of piperazine rings is 1. The number of rotatable bonds is 7. The quantitative estimate of drug-likeness (QED) is 0.748. The fourth-order valence-corrected chi connectivity index (χ4v) is 2.79. The van der Waals surface area contributed by atoms with Gasteiger partial charge in [-0.15, -0.1) is 0 Å². The topological polar surface area (TPSA) is 87.4 Å². The number of nitrogens with two attached hydrogens (primary N) is 1. The first kappa shape index (κ1) is 17.6. The third-order valence-electron chi connectivity index (χ3n) is 4.21. The maximum atomic E-state index is 12.1. The van der Waals surface area contributed by atoms with E-state index in [0.29, 0.717) is 13.0 Å². The van der Waals surface area contributed by atoms with Crippen LogP contribution in [0.5, 0.6) is 0 Å². The zero-order valence-corrected chi connectivity index (χ0v) is 14.2. The van der Waals surface area contributed by atoms with E-state index < -0.39 is 5.54 Å². The second kappa shape index (κ2) is 8.21. The molecule has 1 atom stereocenters. The number of carbonyl (C=O) groups excluding carboxylic acids is 1. The van der Waals surface area contributed by atoms with E-state index in [9.17, 15) is 4.79 Å². The zero-order chi connectivity index (χ0) is 16.7. The summed E-state index contributed by atoms with van der Waals surface area (Å²) in [6.45, 7) is 9.02. The van der Waals surface area contributed by atoms with Gasteiger partial charge in [0, 0.05) is 51.7 Å². The fourth-order valence-electron chi connectivity index (χ4n) is 2.79. The van der Waals surface area contributed by atoms with Crippen LogP contribution in [0.25, 0.3) is 0 Å². The first-order valence-corrected chi connectivity index (χ1v) is 8.34. The molecule has 1 fully saturated rings. The van der Waals surface area contributed by atoms with Crippen LogP contribution in [0.2, 0.25) is 0 Å². The number of hydrogen-bond acceptors (Lipinski definition) is 6. The highest BCUT2D eigenvalue weighted by molar-refractivity contribution is 5.85. The van der Waals surface area contributed by atoms with E-state index in [2.05, 4.69) is 25.1 Å². The summed E-state index contributed by atoms with van der Waals surface area (Å²) in [5, 5.41) is 2.95. The van der Waals surface area contributed by atoms with Gasteiger partial charge in [-0.3, -0.25) is 9.69 Å². The van der Waals surface area contributed by atoms with Crippen molar-refractivity contribution in [1.82, 2.24) is 20.2 Å². The molecule has 1 amide bonds. The molecule has 1 aromatic heterocycles. The summed E-state index contributed by atoms with van der Waals surface area (Å²) in [4.78, 5) is 25.1. The maximum absolute atomic E-state index is 12.1. The lowest BCUT2D eigenvalue weighted by molar-refractivity contribution is -0.126. The van der Waals surface area contributed by atoms with E-state index in [4.69, 9.17) is 5.73 Å². The van der Waals surface area contributed by atoms with Crippen LogP contribution in [0.4, 0.5) is 5.95 Å². The number of nitrogens with zero attached hydrogens (tertiary/aromatic N) is 4. The van der Waals surface area contributed by atoms with Gasteiger partial charge in [-0.25, -0.2) is 9.97 Å². The zero-order valence-electron chi connectivity index (χ0n) is 14.2. The van der Waals surface area contributed by atoms with Crippen LogP contribution in [-0.2, 0) is 4.79 Å². The normalized spacial score (nSPS) is 18.5. The van der Waals surface area contributed by atoms with Crippen LogP contribution in [0, 0.1) is 0 Å². The molecule has 0 spiro atoms. The summed E-state index contributed by atoms with van der Waals surface area (Å²) in [6.07, 6.45) is 5.15. The number of carbonyl (C=O) groups is 1. The summed E-state index contributed by atoms with van der Waals surface area (Å²) in [5.41, 5.74) is 5.26. The summed E-state index contributed by atoms with van der Waals surface area (Å²) in [6, 6.07) is 1.83. The van der Waals surface area contributed by atoms with Gasteiger partial charge in [-0.1, -0.05) is 13.3 Å². The molecule has 1 aliphatic heterocycles. The van der Waals surface area contributed by atoms with Gasteiger partial charge in [0.15, 0.2) is 0 Å². The highest BCUT2D eigenvalue weighted by Crippen LogP contribution is 2.10. The maximum Gasteiger partial charge on any atom is 0.239 e. The Morgan fingerprint density at radius 2 is 1.96 bits per heavy atom. The number of aromatic nitrogens is 2. The molecule has 0 bridgehead atoms. The van der Waals surface area contributed by atoms with Gasteiger partial charge in [-0.2, -0.15) is 0 Å². The Morgan fingerprint density at radius 3 is 2.57 bits per heavy atom. The van der Waals surface area contributed by atoms with Crippen molar-refractivity contribution in [2.75, 3.05) is 44.2 Å². The second-order valence-electron chi connectivity index (χ2n) is 6.30. The highest BCUT2D eigenvalue weighted by atomic mass is 16.2. The summed E-state index contributed by atoms with van der Waals surface area (Å²) in [5.74, 6) is 0.731. The molecule has 128 valence electrons. The van der Waals surface area contributed by atoms with Crippen molar-refractivity contribution in [3.63, 3.8) is 0 Å². The SMILES string of the molecule is CCCC(C)(N)C(=O)NCCN1CCN(c2ncccn2)CC1. The molecular weight excluding hydrogens is 292 g/mol.